The molecule has 0 fully saturated rings. The summed E-state index contributed by atoms with van der Waals surface area (Å²) in [5, 5.41) is 3.25. The number of nitrogens with one attached hydrogen (secondary N) is 1. The molecule has 0 aliphatic carbocycles. The van der Waals surface area contributed by atoms with Gasteiger partial charge in [-0.15, -0.1) is 0 Å². The van der Waals surface area contributed by atoms with E-state index < -0.39 is 0 Å². The Morgan fingerprint density at radius 3 is 2.94 bits per heavy atom. The summed E-state index contributed by atoms with van der Waals surface area (Å²) in [7, 11) is 0. The van der Waals surface area contributed by atoms with E-state index in [1.807, 2.05) is 18.3 Å². The highest BCUT2D eigenvalue weighted by Crippen LogP contribution is 2.14. The lowest BCUT2D eigenvalue weighted by molar-refractivity contribution is 0.527. The van der Waals surface area contributed by atoms with Crippen molar-refractivity contribution in [1.29, 1.82) is 0 Å². The molecule has 2 rings (SSSR count). The fraction of sp³-hybridized carbons (Fsp3) is 0.333. The van der Waals surface area contributed by atoms with Gasteiger partial charge in [-0.2, -0.15) is 0 Å². The smallest absolute Gasteiger partial charge is 0.207 e. The summed E-state index contributed by atoms with van der Waals surface area (Å²) in [5.41, 5.74) is 0.957. The van der Waals surface area contributed by atoms with Crippen LogP contribution >= 0.6 is 0 Å². The zero-order chi connectivity index (χ0) is 11.4. The molecule has 0 saturated carbocycles. The summed E-state index contributed by atoms with van der Waals surface area (Å²) in [4.78, 5) is 8.34. The molecule has 0 bridgehead atoms. The van der Waals surface area contributed by atoms with E-state index in [4.69, 9.17) is 0 Å². The summed E-state index contributed by atoms with van der Waals surface area (Å²) in [6.45, 7) is 5.34. The van der Waals surface area contributed by atoms with E-state index in [9.17, 15) is 0 Å². The van der Waals surface area contributed by atoms with Crippen LogP contribution in [0.5, 0.6) is 0 Å². The molecule has 0 aliphatic rings. The lowest BCUT2D eigenvalue weighted by atomic mass is 10.2. The van der Waals surface area contributed by atoms with E-state index in [0.29, 0.717) is 5.92 Å². The Morgan fingerprint density at radius 2 is 2.25 bits per heavy atom. The van der Waals surface area contributed by atoms with Gasteiger partial charge in [-0.3, -0.25) is 4.98 Å². The lowest BCUT2D eigenvalue weighted by Crippen LogP contribution is -2.07. The Bertz CT molecular complexity index is 433. The monoisotopic (exact) mass is 216 g/mol. The number of imidazole rings is 1. The van der Waals surface area contributed by atoms with E-state index in [1.54, 1.807) is 18.6 Å². The van der Waals surface area contributed by atoms with Crippen molar-refractivity contribution in [2.24, 2.45) is 5.92 Å². The van der Waals surface area contributed by atoms with Crippen LogP contribution < -0.4 is 5.32 Å². The van der Waals surface area contributed by atoms with Gasteiger partial charge in [-0.25, -0.2) is 4.98 Å². The minimum Gasteiger partial charge on any atom is -0.324 e. The maximum Gasteiger partial charge on any atom is 0.207 e. The second-order valence-corrected chi connectivity index (χ2v) is 4.16. The first-order valence-corrected chi connectivity index (χ1v) is 5.44. The molecule has 4 nitrogen and oxygen atoms in total. The van der Waals surface area contributed by atoms with Gasteiger partial charge in [0, 0.05) is 25.1 Å². The lowest BCUT2D eigenvalue weighted by Gasteiger charge is -2.11. The number of pyridine rings is 1. The fourth-order valence-electron chi connectivity index (χ4n) is 1.54. The molecule has 1 N–H and O–H groups in total. The van der Waals surface area contributed by atoms with Crippen LogP contribution in [0.1, 0.15) is 13.8 Å². The van der Waals surface area contributed by atoms with Gasteiger partial charge in [-0.05, 0) is 18.1 Å². The number of hydrogen-bond acceptors (Lipinski definition) is 3. The minimum atomic E-state index is 0.601. The standard InChI is InChI=1S/C12H16N4/c1-10(2)9-16-7-6-14-12(16)15-11-4-3-5-13-8-11/h3-8,10H,9H2,1-2H3,(H,14,15). The van der Waals surface area contributed by atoms with E-state index in [-0.39, 0.29) is 0 Å². The van der Waals surface area contributed by atoms with Crippen molar-refractivity contribution in [3.63, 3.8) is 0 Å². The van der Waals surface area contributed by atoms with Crippen molar-refractivity contribution in [3.8, 4) is 0 Å². The van der Waals surface area contributed by atoms with E-state index in [0.717, 1.165) is 18.2 Å². The Labute approximate surface area is 95.4 Å². The topological polar surface area (TPSA) is 42.7 Å². The highest BCUT2D eigenvalue weighted by molar-refractivity contribution is 5.51. The van der Waals surface area contributed by atoms with Crippen LogP contribution in [0.2, 0.25) is 0 Å². The van der Waals surface area contributed by atoms with Gasteiger partial charge < -0.3 is 9.88 Å². The third-order valence-corrected chi connectivity index (χ3v) is 2.20. The first kappa shape index (κ1) is 10.7. The summed E-state index contributed by atoms with van der Waals surface area (Å²) in [6.07, 6.45) is 7.33. The molecular weight excluding hydrogens is 200 g/mol. The molecule has 0 aliphatic heterocycles. The summed E-state index contributed by atoms with van der Waals surface area (Å²) >= 11 is 0. The van der Waals surface area contributed by atoms with E-state index >= 15 is 0 Å². The molecule has 2 heterocycles. The van der Waals surface area contributed by atoms with E-state index in [2.05, 4.69) is 33.7 Å². The second kappa shape index (κ2) is 4.79. The average Bonchev–Trinajstić information content (AvgIpc) is 2.66. The van der Waals surface area contributed by atoms with Crippen LogP contribution in [0.4, 0.5) is 11.6 Å². The maximum atomic E-state index is 4.29. The summed E-state index contributed by atoms with van der Waals surface area (Å²) in [6, 6.07) is 3.87. The van der Waals surface area contributed by atoms with Crippen LogP contribution in [0.15, 0.2) is 36.9 Å². The van der Waals surface area contributed by atoms with E-state index in [1.165, 1.54) is 0 Å². The third kappa shape index (κ3) is 2.59. The van der Waals surface area contributed by atoms with Gasteiger partial charge in [0.2, 0.25) is 5.95 Å². The van der Waals surface area contributed by atoms with Gasteiger partial charge in [-0.1, -0.05) is 13.8 Å². The molecule has 2 aromatic rings. The van der Waals surface area contributed by atoms with Crippen molar-refractivity contribution in [3.05, 3.63) is 36.9 Å². The molecule has 2 aromatic heterocycles. The first-order valence-electron chi connectivity index (χ1n) is 5.44. The Balaban J connectivity index is 2.13. The Hall–Kier alpha value is -1.84. The number of nitrogens with zero attached hydrogens (tertiary/aromatic N) is 3. The van der Waals surface area contributed by atoms with Crippen molar-refractivity contribution >= 4 is 11.6 Å². The predicted molar refractivity (Wildman–Crippen MR) is 64.6 cm³/mol. The zero-order valence-electron chi connectivity index (χ0n) is 9.59. The zero-order valence-corrected chi connectivity index (χ0v) is 9.59. The molecular formula is C12H16N4. The van der Waals surface area contributed by atoms with Gasteiger partial charge in [0.05, 0.1) is 11.9 Å². The molecule has 0 aromatic carbocycles. The molecule has 0 radical (unpaired) electrons. The van der Waals surface area contributed by atoms with Crippen molar-refractivity contribution in [1.82, 2.24) is 14.5 Å². The number of hydrogen-bond donors (Lipinski definition) is 1. The normalized spacial score (nSPS) is 10.7. The minimum absolute atomic E-state index is 0.601. The molecule has 0 saturated heterocycles. The average molecular weight is 216 g/mol. The van der Waals surface area contributed by atoms with Crippen LogP contribution in [0.25, 0.3) is 0 Å². The molecule has 16 heavy (non-hydrogen) atoms. The maximum absolute atomic E-state index is 4.29. The number of anilines is 2. The molecule has 0 spiro atoms. The third-order valence-electron chi connectivity index (χ3n) is 2.20. The van der Waals surface area contributed by atoms with Crippen LogP contribution in [0.3, 0.4) is 0 Å². The molecule has 0 unspecified atom stereocenters. The second-order valence-electron chi connectivity index (χ2n) is 4.16. The van der Waals surface area contributed by atoms with Crippen LogP contribution in [0, 0.1) is 5.92 Å². The Morgan fingerprint density at radius 1 is 1.38 bits per heavy atom. The Kier molecular flexibility index (Phi) is 3.19. The highest BCUT2D eigenvalue weighted by atomic mass is 15.2. The van der Waals surface area contributed by atoms with Gasteiger partial charge in [0.15, 0.2) is 0 Å². The molecule has 0 atom stereocenters. The quantitative estimate of drug-likeness (QED) is 0.854. The summed E-state index contributed by atoms with van der Waals surface area (Å²) in [5.74, 6) is 1.46. The fourth-order valence-corrected chi connectivity index (χ4v) is 1.54. The summed E-state index contributed by atoms with van der Waals surface area (Å²) < 4.78 is 2.11. The predicted octanol–water partition coefficient (Wildman–Crippen LogP) is 2.68. The SMILES string of the molecule is CC(C)Cn1ccnc1Nc1cccnc1. The number of aromatic nitrogens is 3. The number of rotatable bonds is 4. The van der Waals surface area contributed by atoms with Crippen LogP contribution in [-0.2, 0) is 6.54 Å². The largest absolute Gasteiger partial charge is 0.324 e. The van der Waals surface area contributed by atoms with Crippen molar-refractivity contribution in [2.75, 3.05) is 5.32 Å². The van der Waals surface area contributed by atoms with Crippen LogP contribution in [-0.4, -0.2) is 14.5 Å². The molecule has 4 heteroatoms. The van der Waals surface area contributed by atoms with Gasteiger partial charge >= 0.3 is 0 Å². The van der Waals surface area contributed by atoms with Gasteiger partial charge in [0.1, 0.15) is 0 Å². The van der Waals surface area contributed by atoms with Crippen molar-refractivity contribution < 1.29 is 0 Å². The highest BCUT2D eigenvalue weighted by Gasteiger charge is 2.04. The van der Waals surface area contributed by atoms with Crippen molar-refractivity contribution in [2.45, 2.75) is 20.4 Å². The molecule has 0 amide bonds. The first-order chi connectivity index (χ1) is 7.75. The molecule has 84 valence electrons. The van der Waals surface area contributed by atoms with Gasteiger partial charge in [0.25, 0.3) is 0 Å².